The summed E-state index contributed by atoms with van der Waals surface area (Å²) >= 11 is 3.33. The van der Waals surface area contributed by atoms with E-state index in [-0.39, 0.29) is 36.4 Å². The number of primary amides is 1. The van der Waals surface area contributed by atoms with Gasteiger partial charge in [0.05, 0.1) is 24.2 Å². The van der Waals surface area contributed by atoms with Gasteiger partial charge in [0.25, 0.3) is 5.91 Å². The third kappa shape index (κ3) is 3.68. The summed E-state index contributed by atoms with van der Waals surface area (Å²) in [6.45, 7) is 1.72. The number of nitrogens with zero attached hydrogens (tertiary/aromatic N) is 5. The molecule has 2 aliphatic rings. The zero-order valence-corrected chi connectivity index (χ0v) is 18.9. The summed E-state index contributed by atoms with van der Waals surface area (Å²) < 4.78 is 2.13. The first-order chi connectivity index (χ1) is 15.3. The van der Waals surface area contributed by atoms with Crippen LogP contribution in [0.4, 0.5) is 0 Å². The van der Waals surface area contributed by atoms with Gasteiger partial charge in [-0.2, -0.15) is 5.10 Å². The van der Waals surface area contributed by atoms with Gasteiger partial charge < -0.3 is 10.6 Å². The number of halogens is 1. The predicted octanol–water partition coefficient (Wildman–Crippen LogP) is 1.80. The van der Waals surface area contributed by atoms with E-state index in [9.17, 15) is 14.4 Å². The van der Waals surface area contributed by atoms with Crippen molar-refractivity contribution < 1.29 is 14.4 Å². The number of nitrogens with two attached hydrogens (primary N) is 1. The van der Waals surface area contributed by atoms with Gasteiger partial charge in [-0.15, -0.1) is 0 Å². The standard InChI is InChI=1S/C22H21BrN6O3/c1-11-5-14-17(9-25-11)28(27-21(14)22(24)32)10-20(31)29-15-6-12(15)7-16(29)18(30)8-13-3-2-4-19(23)26-13/h2-5,9,12,15-16H,6-8,10H2,1H3,(H2,24,32)/t12-,15-,16+/m1/s1. The van der Waals surface area contributed by atoms with Crippen molar-refractivity contribution in [3.05, 3.63) is 52.1 Å². The molecule has 9 nitrogen and oxygen atoms in total. The van der Waals surface area contributed by atoms with Crippen molar-refractivity contribution in [3.63, 3.8) is 0 Å². The van der Waals surface area contributed by atoms with E-state index in [0.29, 0.717) is 33.5 Å². The van der Waals surface area contributed by atoms with Crippen LogP contribution in [0.25, 0.3) is 10.9 Å². The second kappa shape index (κ2) is 7.77. The van der Waals surface area contributed by atoms with Crippen LogP contribution in [-0.4, -0.2) is 54.3 Å². The van der Waals surface area contributed by atoms with Gasteiger partial charge in [0.15, 0.2) is 11.5 Å². The molecule has 3 atom stereocenters. The second-order valence-corrected chi connectivity index (χ2v) is 9.24. The van der Waals surface area contributed by atoms with Gasteiger partial charge in [-0.25, -0.2) is 4.98 Å². The molecular weight excluding hydrogens is 476 g/mol. The predicted molar refractivity (Wildman–Crippen MR) is 119 cm³/mol. The maximum atomic E-state index is 13.3. The van der Waals surface area contributed by atoms with Crippen molar-refractivity contribution in [1.82, 2.24) is 24.6 Å². The van der Waals surface area contributed by atoms with Crippen LogP contribution in [0, 0.1) is 12.8 Å². The quantitative estimate of drug-likeness (QED) is 0.518. The Balaban J connectivity index is 1.39. The molecule has 2 amide bonds. The molecule has 164 valence electrons. The number of hydrogen-bond acceptors (Lipinski definition) is 6. The Kier molecular flexibility index (Phi) is 5.04. The van der Waals surface area contributed by atoms with Crippen LogP contribution in [0.2, 0.25) is 0 Å². The van der Waals surface area contributed by atoms with E-state index in [4.69, 9.17) is 5.73 Å². The minimum Gasteiger partial charge on any atom is -0.364 e. The Morgan fingerprint density at radius 3 is 2.81 bits per heavy atom. The molecule has 32 heavy (non-hydrogen) atoms. The van der Waals surface area contributed by atoms with Gasteiger partial charge in [-0.3, -0.25) is 24.0 Å². The molecule has 0 radical (unpaired) electrons. The van der Waals surface area contributed by atoms with Crippen LogP contribution < -0.4 is 5.73 Å². The number of Topliss-reactive ketones (excluding diaryl/α,β-unsaturated/α-hetero) is 1. The number of carbonyl (C=O) groups is 3. The second-order valence-electron chi connectivity index (χ2n) is 8.42. The lowest BCUT2D eigenvalue weighted by Gasteiger charge is -2.26. The summed E-state index contributed by atoms with van der Waals surface area (Å²) in [5.41, 5.74) is 7.55. The number of pyridine rings is 2. The van der Waals surface area contributed by atoms with E-state index < -0.39 is 11.9 Å². The van der Waals surface area contributed by atoms with Crippen molar-refractivity contribution in [2.45, 2.75) is 44.8 Å². The first-order valence-electron chi connectivity index (χ1n) is 10.4. The van der Waals surface area contributed by atoms with Crippen LogP contribution in [0.1, 0.15) is 34.7 Å². The van der Waals surface area contributed by atoms with Gasteiger partial charge in [-0.05, 0) is 59.8 Å². The Morgan fingerprint density at radius 2 is 2.06 bits per heavy atom. The SMILES string of the molecule is Cc1cc2c(C(N)=O)nn(CC(=O)N3[C@@H]4C[C@@H]4C[C@H]3C(=O)Cc3cccc(Br)n3)c2cn1. The van der Waals surface area contributed by atoms with Crippen LogP contribution in [-0.2, 0) is 22.6 Å². The highest BCUT2D eigenvalue weighted by Crippen LogP contribution is 2.48. The third-order valence-corrected chi connectivity index (χ3v) is 6.63. The molecular formula is C22H21BrN6O3. The summed E-state index contributed by atoms with van der Waals surface area (Å²) in [6.07, 6.45) is 3.35. The van der Waals surface area contributed by atoms with Gasteiger partial charge in [0.1, 0.15) is 11.1 Å². The highest BCUT2D eigenvalue weighted by Gasteiger charge is 2.55. The van der Waals surface area contributed by atoms with E-state index in [1.807, 2.05) is 6.07 Å². The number of ketones is 1. The van der Waals surface area contributed by atoms with Crippen molar-refractivity contribution in [3.8, 4) is 0 Å². The van der Waals surface area contributed by atoms with Gasteiger partial charge in [-0.1, -0.05) is 6.07 Å². The molecule has 2 fully saturated rings. The Morgan fingerprint density at radius 1 is 1.25 bits per heavy atom. The lowest BCUT2D eigenvalue weighted by atomic mass is 10.0. The lowest BCUT2D eigenvalue weighted by Crippen LogP contribution is -2.45. The lowest BCUT2D eigenvalue weighted by molar-refractivity contribution is -0.139. The summed E-state index contributed by atoms with van der Waals surface area (Å²) in [5, 5.41) is 4.85. The fourth-order valence-corrected chi connectivity index (χ4v) is 5.02. The normalized spacial score (nSPS) is 21.6. The molecule has 0 aromatic carbocycles. The third-order valence-electron chi connectivity index (χ3n) is 6.18. The average molecular weight is 497 g/mol. The van der Waals surface area contributed by atoms with E-state index in [0.717, 1.165) is 12.1 Å². The number of hydrogen-bond donors (Lipinski definition) is 1. The van der Waals surface area contributed by atoms with Gasteiger partial charge in [0, 0.05) is 22.8 Å². The zero-order valence-electron chi connectivity index (χ0n) is 17.4. The Labute approximate surface area is 192 Å². The number of aryl methyl sites for hydroxylation is 1. The molecule has 0 bridgehead atoms. The molecule has 1 aliphatic heterocycles. The summed E-state index contributed by atoms with van der Waals surface area (Å²) in [4.78, 5) is 48.5. The molecule has 0 unspecified atom stereocenters. The molecule has 3 aromatic rings. The van der Waals surface area contributed by atoms with Crippen molar-refractivity contribution in [2.24, 2.45) is 11.7 Å². The van der Waals surface area contributed by atoms with Crippen LogP contribution >= 0.6 is 15.9 Å². The molecule has 10 heteroatoms. The van der Waals surface area contributed by atoms with E-state index in [1.54, 1.807) is 36.2 Å². The highest BCUT2D eigenvalue weighted by atomic mass is 79.9. The van der Waals surface area contributed by atoms with Crippen LogP contribution in [0.3, 0.4) is 0 Å². The monoisotopic (exact) mass is 496 g/mol. The molecule has 0 spiro atoms. The number of amides is 2. The topological polar surface area (TPSA) is 124 Å². The molecule has 4 heterocycles. The van der Waals surface area contributed by atoms with Crippen molar-refractivity contribution in [2.75, 3.05) is 0 Å². The number of likely N-dealkylation sites (tertiary alicyclic amines) is 1. The number of carbonyl (C=O) groups excluding carboxylic acids is 3. The summed E-state index contributed by atoms with van der Waals surface area (Å²) in [5.74, 6) is -0.513. The molecule has 1 saturated heterocycles. The Bertz CT molecular complexity index is 1270. The fraction of sp³-hybridized carbons (Fsp3) is 0.364. The molecule has 3 aromatic heterocycles. The van der Waals surface area contributed by atoms with Crippen molar-refractivity contribution >= 4 is 44.4 Å². The molecule has 1 saturated carbocycles. The first kappa shape index (κ1) is 20.7. The average Bonchev–Trinajstić information content (AvgIpc) is 3.25. The number of rotatable bonds is 6. The summed E-state index contributed by atoms with van der Waals surface area (Å²) in [6, 6.07) is 6.80. The maximum absolute atomic E-state index is 13.3. The van der Waals surface area contributed by atoms with Gasteiger partial charge in [0.2, 0.25) is 5.91 Å². The van der Waals surface area contributed by atoms with E-state index in [2.05, 4.69) is 31.0 Å². The van der Waals surface area contributed by atoms with Crippen LogP contribution in [0.5, 0.6) is 0 Å². The number of fused-ring (bicyclic) bond motifs is 2. The van der Waals surface area contributed by atoms with E-state index in [1.165, 1.54) is 4.68 Å². The molecule has 1 aliphatic carbocycles. The fourth-order valence-electron chi connectivity index (χ4n) is 4.64. The minimum atomic E-state index is -0.662. The first-order valence-corrected chi connectivity index (χ1v) is 11.2. The Hall–Kier alpha value is -3.14. The summed E-state index contributed by atoms with van der Waals surface area (Å²) in [7, 11) is 0. The molecule has 5 rings (SSSR count). The molecule has 2 N–H and O–H groups in total. The zero-order chi connectivity index (χ0) is 22.6. The van der Waals surface area contributed by atoms with Crippen molar-refractivity contribution in [1.29, 1.82) is 0 Å². The largest absolute Gasteiger partial charge is 0.364 e. The minimum absolute atomic E-state index is 0.0170. The van der Waals surface area contributed by atoms with E-state index >= 15 is 0 Å². The van der Waals surface area contributed by atoms with Gasteiger partial charge >= 0.3 is 0 Å². The number of aromatic nitrogens is 4. The van der Waals surface area contributed by atoms with Crippen LogP contribution in [0.15, 0.2) is 35.1 Å². The smallest absolute Gasteiger partial charge is 0.269 e. The maximum Gasteiger partial charge on any atom is 0.269 e. The highest BCUT2D eigenvalue weighted by molar-refractivity contribution is 9.10. The number of piperidine rings is 1.